The molecule has 202 valence electrons. The van der Waals surface area contributed by atoms with Gasteiger partial charge in [-0.05, 0) is 45.2 Å². The first kappa shape index (κ1) is 30.0. The number of ether oxygens (including phenoxy) is 5. The maximum atomic E-state index is 13.3. The molecular weight excluding hydrogens is 462 g/mol. The Kier molecular flexibility index (Phi) is 12.6. The number of hydrogen-bond acceptors (Lipinski definition) is 7. The van der Waals surface area contributed by atoms with E-state index in [1.54, 1.807) is 38.1 Å². The first-order chi connectivity index (χ1) is 17.3. The summed E-state index contributed by atoms with van der Waals surface area (Å²) in [7, 11) is 2.76. The summed E-state index contributed by atoms with van der Waals surface area (Å²) in [5.74, 6) is -2.10. The van der Waals surface area contributed by atoms with Gasteiger partial charge in [0.25, 0.3) is 5.91 Å². The highest BCUT2D eigenvalue weighted by molar-refractivity contribution is 5.98. The van der Waals surface area contributed by atoms with Gasteiger partial charge in [0, 0.05) is 12.7 Å². The second-order valence-corrected chi connectivity index (χ2v) is 9.54. The molecule has 0 saturated carbocycles. The predicted molar refractivity (Wildman–Crippen MR) is 137 cm³/mol. The van der Waals surface area contributed by atoms with Crippen molar-refractivity contribution in [3.63, 3.8) is 0 Å². The van der Waals surface area contributed by atoms with E-state index in [-0.39, 0.29) is 13.4 Å². The molecule has 1 aliphatic heterocycles. The van der Waals surface area contributed by atoms with Gasteiger partial charge in [0.2, 0.25) is 0 Å². The van der Waals surface area contributed by atoms with E-state index in [9.17, 15) is 9.59 Å². The fraction of sp³-hybridized carbons (Fsp3) is 0.643. The summed E-state index contributed by atoms with van der Waals surface area (Å²) in [5, 5.41) is 2.87. The lowest BCUT2D eigenvalue weighted by atomic mass is 9.87. The average Bonchev–Trinajstić information content (AvgIpc) is 3.19. The van der Waals surface area contributed by atoms with Gasteiger partial charge in [0.1, 0.15) is 12.9 Å². The Morgan fingerprint density at radius 2 is 1.78 bits per heavy atom. The van der Waals surface area contributed by atoms with Crippen molar-refractivity contribution >= 4 is 11.9 Å². The van der Waals surface area contributed by atoms with Gasteiger partial charge in [-0.1, -0.05) is 63.0 Å². The molecule has 1 heterocycles. The lowest BCUT2D eigenvalue weighted by molar-refractivity contribution is -0.175. The minimum atomic E-state index is -1.66. The van der Waals surface area contributed by atoms with Crippen LogP contribution in [0.2, 0.25) is 0 Å². The van der Waals surface area contributed by atoms with E-state index in [0.29, 0.717) is 12.0 Å². The summed E-state index contributed by atoms with van der Waals surface area (Å²) in [6.45, 7) is 5.49. The molecule has 8 nitrogen and oxygen atoms in total. The van der Waals surface area contributed by atoms with Gasteiger partial charge in [-0.25, -0.2) is 4.79 Å². The highest BCUT2D eigenvalue weighted by atomic mass is 16.8. The Morgan fingerprint density at radius 3 is 2.44 bits per heavy atom. The van der Waals surface area contributed by atoms with Gasteiger partial charge in [0.15, 0.2) is 11.3 Å². The molecule has 1 fully saturated rings. The van der Waals surface area contributed by atoms with E-state index in [0.717, 1.165) is 12.8 Å². The highest BCUT2D eigenvalue weighted by Gasteiger charge is 2.58. The van der Waals surface area contributed by atoms with Gasteiger partial charge in [-0.15, -0.1) is 0 Å². The van der Waals surface area contributed by atoms with Crippen LogP contribution in [0.15, 0.2) is 42.5 Å². The van der Waals surface area contributed by atoms with Crippen LogP contribution in [-0.4, -0.2) is 63.0 Å². The fourth-order valence-electron chi connectivity index (χ4n) is 4.39. The molecule has 1 aromatic carbocycles. The number of esters is 1. The average molecular weight is 506 g/mol. The van der Waals surface area contributed by atoms with E-state index in [1.165, 1.54) is 39.9 Å². The van der Waals surface area contributed by atoms with Crippen molar-refractivity contribution < 1.29 is 33.3 Å². The van der Waals surface area contributed by atoms with Crippen LogP contribution in [-0.2, 0) is 28.5 Å². The van der Waals surface area contributed by atoms with Crippen LogP contribution in [0, 0.1) is 0 Å². The molecule has 0 unspecified atom stereocenters. The molecule has 0 radical (unpaired) electrons. The topological polar surface area (TPSA) is 92.3 Å². The molecule has 0 aliphatic carbocycles. The van der Waals surface area contributed by atoms with E-state index in [4.69, 9.17) is 23.7 Å². The highest BCUT2D eigenvalue weighted by Crippen LogP contribution is 2.37. The van der Waals surface area contributed by atoms with Gasteiger partial charge in [0.05, 0.1) is 19.8 Å². The molecule has 2 rings (SSSR count). The van der Waals surface area contributed by atoms with Crippen LogP contribution in [0.1, 0.15) is 76.1 Å². The number of unbranched alkanes of at least 4 members (excludes halogenated alkanes) is 5. The first-order valence-corrected chi connectivity index (χ1v) is 12.8. The Bertz CT molecular complexity index is 826. The second kappa shape index (κ2) is 15.1. The zero-order chi connectivity index (χ0) is 26.4. The molecule has 1 amide bonds. The van der Waals surface area contributed by atoms with Crippen molar-refractivity contribution in [3.05, 3.63) is 48.0 Å². The smallest absolute Gasteiger partial charge is 0.336 e. The van der Waals surface area contributed by atoms with Crippen molar-refractivity contribution in [2.24, 2.45) is 0 Å². The number of benzene rings is 1. The number of nitrogens with one attached hydrogen (secondary N) is 1. The lowest BCUT2D eigenvalue weighted by Gasteiger charge is -2.37. The zero-order valence-corrected chi connectivity index (χ0v) is 22.4. The maximum absolute atomic E-state index is 13.3. The van der Waals surface area contributed by atoms with E-state index in [1.807, 2.05) is 6.07 Å². The Balaban J connectivity index is 2.28. The number of allylic oxidation sites excluding steroid dienone is 1. The fourth-order valence-corrected chi connectivity index (χ4v) is 4.39. The molecule has 1 saturated heterocycles. The number of carbonyl (C=O) groups excluding carboxylic acids is 2. The Labute approximate surface area is 215 Å². The quantitative estimate of drug-likeness (QED) is 0.150. The van der Waals surface area contributed by atoms with Crippen molar-refractivity contribution in [2.75, 3.05) is 27.6 Å². The van der Waals surface area contributed by atoms with Crippen LogP contribution >= 0.6 is 0 Å². The minimum Gasteiger partial charge on any atom is -0.467 e. The predicted octanol–water partition coefficient (Wildman–Crippen LogP) is 4.78. The third-order valence-electron chi connectivity index (χ3n) is 6.13. The van der Waals surface area contributed by atoms with Crippen molar-refractivity contribution in [1.29, 1.82) is 0 Å². The summed E-state index contributed by atoms with van der Waals surface area (Å²) >= 11 is 0. The van der Waals surface area contributed by atoms with Crippen molar-refractivity contribution in [2.45, 2.75) is 89.3 Å². The summed E-state index contributed by atoms with van der Waals surface area (Å²) in [5.41, 5.74) is -1.26. The van der Waals surface area contributed by atoms with Crippen molar-refractivity contribution in [3.8, 4) is 0 Å². The van der Waals surface area contributed by atoms with Gasteiger partial charge >= 0.3 is 5.97 Å². The van der Waals surface area contributed by atoms with E-state index < -0.39 is 35.4 Å². The first-order valence-electron chi connectivity index (χ1n) is 12.8. The van der Waals surface area contributed by atoms with Crippen LogP contribution in [0.5, 0.6) is 0 Å². The summed E-state index contributed by atoms with van der Waals surface area (Å²) in [6.07, 6.45) is 10.4. The van der Waals surface area contributed by atoms with Crippen molar-refractivity contribution in [1.82, 2.24) is 5.32 Å². The number of hydrogen-bond donors (Lipinski definition) is 1. The molecule has 8 heteroatoms. The molecule has 0 bridgehead atoms. The Morgan fingerprint density at radius 1 is 1.06 bits per heavy atom. The third kappa shape index (κ3) is 8.69. The summed E-state index contributed by atoms with van der Waals surface area (Å²) in [6, 6.07) is 8.66. The molecule has 36 heavy (non-hydrogen) atoms. The summed E-state index contributed by atoms with van der Waals surface area (Å²) < 4.78 is 28.3. The van der Waals surface area contributed by atoms with Crippen LogP contribution in [0.25, 0.3) is 0 Å². The van der Waals surface area contributed by atoms with E-state index in [2.05, 4.69) is 24.4 Å². The van der Waals surface area contributed by atoms with E-state index >= 15 is 0 Å². The van der Waals surface area contributed by atoms with Gasteiger partial charge in [-0.3, -0.25) is 4.79 Å². The maximum Gasteiger partial charge on any atom is 0.336 e. The molecule has 1 aromatic rings. The van der Waals surface area contributed by atoms with Gasteiger partial charge < -0.3 is 29.0 Å². The van der Waals surface area contributed by atoms with Crippen LogP contribution < -0.4 is 5.32 Å². The normalized spacial score (nSPS) is 20.8. The minimum absolute atomic E-state index is 0.0699. The number of carbonyl (C=O) groups is 2. The SMILES string of the molecule is CCCCCCC/C=C\C[C@H]1OC(C)(C)O[C@@H]1[C@](COCOC)(NC(=O)c1ccccc1)C(=O)OC. The van der Waals surface area contributed by atoms with Crippen LogP contribution in [0.4, 0.5) is 0 Å². The van der Waals surface area contributed by atoms with Gasteiger partial charge in [-0.2, -0.15) is 0 Å². The monoisotopic (exact) mass is 505 g/mol. The molecule has 1 N–H and O–H groups in total. The Hall–Kier alpha value is -2.26. The molecule has 0 spiro atoms. The molecule has 3 atom stereocenters. The summed E-state index contributed by atoms with van der Waals surface area (Å²) in [4.78, 5) is 26.6. The second-order valence-electron chi connectivity index (χ2n) is 9.54. The zero-order valence-electron chi connectivity index (χ0n) is 22.4. The number of amides is 1. The standard InChI is InChI=1S/C28H43NO7/c1-6-7-8-9-10-11-12-16-19-23-24(36-27(2,3)35-23)28(26(31)33-5,20-34-21-32-4)29-25(30)22-17-14-13-15-18-22/h12-18,23-24H,6-11,19-21H2,1-5H3,(H,29,30)/b16-12-/t23-,24+,28+/m1/s1. The molecule has 1 aliphatic rings. The number of methoxy groups -OCH3 is 2. The molecule has 0 aromatic heterocycles. The number of rotatable bonds is 16. The molecular formula is C28H43NO7. The van der Waals surface area contributed by atoms with Crippen LogP contribution in [0.3, 0.4) is 0 Å². The lowest BCUT2D eigenvalue weighted by Crippen LogP contribution is -2.67. The largest absolute Gasteiger partial charge is 0.467 e. The third-order valence-corrected chi connectivity index (χ3v) is 6.13.